The molecule has 4 heteroatoms. The summed E-state index contributed by atoms with van der Waals surface area (Å²) in [5.74, 6) is 0. The first-order valence-corrected chi connectivity index (χ1v) is 5.34. The lowest BCUT2D eigenvalue weighted by molar-refractivity contribution is -0.0334. The molecule has 0 spiro atoms. The van der Waals surface area contributed by atoms with Crippen LogP contribution in [0.5, 0.6) is 0 Å². The molecule has 0 bridgehead atoms. The summed E-state index contributed by atoms with van der Waals surface area (Å²) in [6.45, 7) is 2.06. The summed E-state index contributed by atoms with van der Waals surface area (Å²) >= 11 is 0. The minimum Gasteiger partial charge on any atom is -0.378 e. The van der Waals surface area contributed by atoms with Gasteiger partial charge in [0.25, 0.3) is 0 Å². The molecule has 4 nitrogen and oxygen atoms in total. The van der Waals surface area contributed by atoms with Crippen LogP contribution in [-0.2, 0) is 11.2 Å². The van der Waals surface area contributed by atoms with Gasteiger partial charge in [0.05, 0.1) is 5.60 Å². The molecule has 1 aromatic rings. The number of methoxy groups -OCH3 is 1. The standard InChI is InChI=1S/C11H17N3O/c1-15-11(2-4-12-5-3-11)6-10-7-13-9-14-8-10/h7-9,12H,2-6H2,1H3. The summed E-state index contributed by atoms with van der Waals surface area (Å²) in [4.78, 5) is 8.07. The van der Waals surface area contributed by atoms with E-state index in [0.29, 0.717) is 0 Å². The van der Waals surface area contributed by atoms with Gasteiger partial charge in [-0.05, 0) is 31.5 Å². The molecule has 2 rings (SSSR count). The molecule has 1 aromatic heterocycles. The van der Waals surface area contributed by atoms with Gasteiger partial charge in [0.1, 0.15) is 6.33 Å². The highest BCUT2D eigenvalue weighted by atomic mass is 16.5. The summed E-state index contributed by atoms with van der Waals surface area (Å²) in [6, 6.07) is 0. The Labute approximate surface area is 90.1 Å². The van der Waals surface area contributed by atoms with Crippen molar-refractivity contribution in [2.24, 2.45) is 0 Å². The first kappa shape index (κ1) is 10.5. The van der Waals surface area contributed by atoms with Gasteiger partial charge in [0, 0.05) is 25.9 Å². The van der Waals surface area contributed by atoms with Crippen molar-refractivity contribution in [3.8, 4) is 0 Å². The summed E-state index contributed by atoms with van der Waals surface area (Å²) in [6.07, 6.45) is 8.32. The molecule has 0 atom stereocenters. The summed E-state index contributed by atoms with van der Waals surface area (Å²) < 4.78 is 5.69. The Morgan fingerprint density at radius 3 is 2.60 bits per heavy atom. The zero-order valence-corrected chi connectivity index (χ0v) is 9.07. The molecular weight excluding hydrogens is 190 g/mol. The summed E-state index contributed by atoms with van der Waals surface area (Å²) in [5.41, 5.74) is 1.14. The first-order chi connectivity index (χ1) is 7.35. The van der Waals surface area contributed by atoms with E-state index in [9.17, 15) is 0 Å². The fourth-order valence-electron chi connectivity index (χ4n) is 2.13. The minimum atomic E-state index is -0.0179. The molecule has 0 saturated carbocycles. The Morgan fingerprint density at radius 2 is 2.00 bits per heavy atom. The van der Waals surface area contributed by atoms with Gasteiger partial charge in [-0.25, -0.2) is 9.97 Å². The smallest absolute Gasteiger partial charge is 0.115 e. The topological polar surface area (TPSA) is 47.0 Å². The van der Waals surface area contributed by atoms with E-state index in [-0.39, 0.29) is 5.60 Å². The van der Waals surface area contributed by atoms with Crippen LogP contribution >= 0.6 is 0 Å². The number of hydrogen-bond donors (Lipinski definition) is 1. The molecule has 0 aliphatic carbocycles. The molecule has 15 heavy (non-hydrogen) atoms. The second kappa shape index (κ2) is 4.68. The molecule has 82 valence electrons. The third-order valence-electron chi connectivity index (χ3n) is 3.09. The Balaban J connectivity index is 2.07. The molecular formula is C11H17N3O. The molecule has 2 heterocycles. The molecule has 0 unspecified atom stereocenters. The molecule has 0 amide bonds. The van der Waals surface area contributed by atoms with Gasteiger partial charge in [-0.15, -0.1) is 0 Å². The Morgan fingerprint density at radius 1 is 1.33 bits per heavy atom. The number of ether oxygens (including phenoxy) is 1. The van der Waals surface area contributed by atoms with Crippen LogP contribution in [-0.4, -0.2) is 35.8 Å². The SMILES string of the molecule is COC1(Cc2cncnc2)CCNCC1. The highest BCUT2D eigenvalue weighted by molar-refractivity contribution is 5.08. The van der Waals surface area contributed by atoms with E-state index < -0.39 is 0 Å². The largest absolute Gasteiger partial charge is 0.378 e. The van der Waals surface area contributed by atoms with E-state index in [1.54, 1.807) is 13.4 Å². The molecule has 1 fully saturated rings. The van der Waals surface area contributed by atoms with Crippen molar-refractivity contribution < 1.29 is 4.74 Å². The van der Waals surface area contributed by atoms with Gasteiger partial charge in [-0.3, -0.25) is 0 Å². The number of nitrogens with zero attached hydrogens (tertiary/aromatic N) is 2. The summed E-state index contributed by atoms with van der Waals surface area (Å²) in [5, 5.41) is 3.35. The molecule has 1 saturated heterocycles. The predicted octanol–water partition coefficient (Wildman–Crippen LogP) is 0.788. The van der Waals surface area contributed by atoms with Gasteiger partial charge >= 0.3 is 0 Å². The number of rotatable bonds is 3. The number of aromatic nitrogens is 2. The van der Waals surface area contributed by atoms with Crippen LogP contribution in [0, 0.1) is 0 Å². The van der Waals surface area contributed by atoms with E-state index in [4.69, 9.17) is 4.74 Å². The van der Waals surface area contributed by atoms with Crippen molar-refractivity contribution in [2.75, 3.05) is 20.2 Å². The summed E-state index contributed by atoms with van der Waals surface area (Å²) in [7, 11) is 1.80. The lowest BCUT2D eigenvalue weighted by Gasteiger charge is -2.36. The van der Waals surface area contributed by atoms with Crippen molar-refractivity contribution in [1.29, 1.82) is 0 Å². The lowest BCUT2D eigenvalue weighted by atomic mass is 9.86. The average molecular weight is 207 g/mol. The Bertz CT molecular complexity index is 296. The van der Waals surface area contributed by atoms with Crippen LogP contribution in [0.25, 0.3) is 0 Å². The van der Waals surface area contributed by atoms with E-state index in [2.05, 4.69) is 15.3 Å². The molecule has 1 N–H and O–H groups in total. The normalized spacial score (nSPS) is 20.1. The quantitative estimate of drug-likeness (QED) is 0.796. The number of nitrogens with one attached hydrogen (secondary N) is 1. The van der Waals surface area contributed by atoms with Crippen LogP contribution < -0.4 is 5.32 Å². The van der Waals surface area contributed by atoms with Gasteiger partial charge in [-0.2, -0.15) is 0 Å². The third-order valence-corrected chi connectivity index (χ3v) is 3.09. The number of hydrogen-bond acceptors (Lipinski definition) is 4. The van der Waals surface area contributed by atoms with Gasteiger partial charge in [0.15, 0.2) is 0 Å². The maximum absolute atomic E-state index is 5.69. The Kier molecular flexibility index (Phi) is 3.28. The van der Waals surface area contributed by atoms with E-state index in [1.165, 1.54) is 0 Å². The highest BCUT2D eigenvalue weighted by Crippen LogP contribution is 2.26. The van der Waals surface area contributed by atoms with Gasteiger partial charge < -0.3 is 10.1 Å². The molecule has 0 aromatic carbocycles. The van der Waals surface area contributed by atoms with Crippen LogP contribution in [0.2, 0.25) is 0 Å². The van der Waals surface area contributed by atoms with E-state index >= 15 is 0 Å². The van der Waals surface area contributed by atoms with E-state index in [0.717, 1.165) is 37.9 Å². The second-order valence-electron chi connectivity index (χ2n) is 4.06. The predicted molar refractivity (Wildman–Crippen MR) is 57.6 cm³/mol. The van der Waals surface area contributed by atoms with Crippen molar-refractivity contribution in [2.45, 2.75) is 24.9 Å². The fraction of sp³-hybridized carbons (Fsp3) is 0.636. The number of piperidine rings is 1. The third kappa shape index (κ3) is 2.52. The van der Waals surface area contributed by atoms with Crippen molar-refractivity contribution >= 4 is 0 Å². The van der Waals surface area contributed by atoms with E-state index in [1.807, 2.05) is 12.4 Å². The fourth-order valence-corrected chi connectivity index (χ4v) is 2.13. The first-order valence-electron chi connectivity index (χ1n) is 5.34. The van der Waals surface area contributed by atoms with Crippen LogP contribution in [0.1, 0.15) is 18.4 Å². The Hall–Kier alpha value is -1.00. The molecule has 1 aliphatic rings. The maximum atomic E-state index is 5.69. The van der Waals surface area contributed by atoms with Crippen molar-refractivity contribution in [3.05, 3.63) is 24.3 Å². The van der Waals surface area contributed by atoms with Gasteiger partial charge in [-0.1, -0.05) is 0 Å². The molecule has 0 radical (unpaired) electrons. The zero-order chi connectivity index (χ0) is 10.6. The van der Waals surface area contributed by atoms with Crippen molar-refractivity contribution in [1.82, 2.24) is 15.3 Å². The van der Waals surface area contributed by atoms with Crippen LogP contribution in [0.4, 0.5) is 0 Å². The molecule has 1 aliphatic heterocycles. The van der Waals surface area contributed by atoms with Crippen molar-refractivity contribution in [3.63, 3.8) is 0 Å². The monoisotopic (exact) mass is 207 g/mol. The highest BCUT2D eigenvalue weighted by Gasteiger charge is 2.31. The van der Waals surface area contributed by atoms with Gasteiger partial charge in [0.2, 0.25) is 0 Å². The average Bonchev–Trinajstić information content (AvgIpc) is 2.32. The van der Waals surface area contributed by atoms with Crippen LogP contribution in [0.15, 0.2) is 18.7 Å². The minimum absolute atomic E-state index is 0.0179. The lowest BCUT2D eigenvalue weighted by Crippen LogP contribution is -2.45. The van der Waals surface area contributed by atoms with Crippen LogP contribution in [0.3, 0.4) is 0 Å². The maximum Gasteiger partial charge on any atom is 0.115 e. The second-order valence-corrected chi connectivity index (χ2v) is 4.06. The zero-order valence-electron chi connectivity index (χ0n) is 9.07.